The number of hydrogen-bond acceptors (Lipinski definition) is 7. The van der Waals surface area contributed by atoms with Crippen LogP contribution in [-0.2, 0) is 0 Å². The molecule has 0 bridgehead atoms. The maximum atomic E-state index is 12.5. The van der Waals surface area contributed by atoms with Gasteiger partial charge in [0.1, 0.15) is 5.69 Å². The molecule has 0 atom stereocenters. The number of carbonyl (C=O) groups excluding carboxylic acids is 1. The molecule has 124 valence electrons. The van der Waals surface area contributed by atoms with Gasteiger partial charge < -0.3 is 4.42 Å². The van der Waals surface area contributed by atoms with E-state index in [1.54, 1.807) is 12.3 Å². The van der Waals surface area contributed by atoms with Gasteiger partial charge in [-0.05, 0) is 19.1 Å². The molecule has 0 spiro atoms. The molecule has 0 saturated carbocycles. The number of aryl methyl sites for hydroxylation is 1. The van der Waals surface area contributed by atoms with Crippen LogP contribution in [0.3, 0.4) is 0 Å². The summed E-state index contributed by atoms with van der Waals surface area (Å²) >= 11 is 2.56. The number of aromatic nitrogens is 3. The number of hydrogen-bond donors (Lipinski definition) is 1. The van der Waals surface area contributed by atoms with Gasteiger partial charge in [-0.2, -0.15) is 9.36 Å². The van der Waals surface area contributed by atoms with Crippen molar-refractivity contribution in [1.82, 2.24) is 14.3 Å². The SMILES string of the molecule is Cc1sc(-c2ccco2)nc1C(=O)Nc1nc(-c2ccccc2)ns1. The van der Waals surface area contributed by atoms with Gasteiger partial charge in [0.2, 0.25) is 5.13 Å². The summed E-state index contributed by atoms with van der Waals surface area (Å²) in [6.45, 7) is 1.86. The van der Waals surface area contributed by atoms with Crippen molar-refractivity contribution in [2.45, 2.75) is 6.92 Å². The standard InChI is InChI=1S/C17H12N4O2S2/c1-10-13(18-16(24-10)12-8-5-9-23-12)15(22)20-17-19-14(21-25-17)11-6-3-2-4-7-11/h2-9H,1H3,(H,19,20,21,22). The van der Waals surface area contributed by atoms with Crippen LogP contribution in [-0.4, -0.2) is 20.2 Å². The van der Waals surface area contributed by atoms with Gasteiger partial charge in [-0.25, -0.2) is 4.98 Å². The summed E-state index contributed by atoms with van der Waals surface area (Å²) in [6, 6.07) is 13.2. The maximum Gasteiger partial charge on any atom is 0.277 e. The van der Waals surface area contributed by atoms with E-state index in [0.717, 1.165) is 22.0 Å². The van der Waals surface area contributed by atoms with Crippen molar-refractivity contribution < 1.29 is 9.21 Å². The Kier molecular flexibility index (Phi) is 4.12. The minimum atomic E-state index is -0.303. The molecule has 4 aromatic rings. The lowest BCUT2D eigenvalue weighted by Crippen LogP contribution is -2.13. The van der Waals surface area contributed by atoms with Crippen molar-refractivity contribution in [1.29, 1.82) is 0 Å². The van der Waals surface area contributed by atoms with E-state index in [1.807, 2.05) is 43.3 Å². The van der Waals surface area contributed by atoms with Crippen LogP contribution in [0.4, 0.5) is 5.13 Å². The van der Waals surface area contributed by atoms with Gasteiger partial charge in [0.15, 0.2) is 16.6 Å². The third-order valence-corrected chi connectivity index (χ3v) is 5.04. The number of anilines is 1. The molecule has 0 aliphatic heterocycles. The smallest absolute Gasteiger partial charge is 0.277 e. The van der Waals surface area contributed by atoms with Gasteiger partial charge in [-0.15, -0.1) is 11.3 Å². The quantitative estimate of drug-likeness (QED) is 0.574. The Bertz CT molecular complexity index is 1010. The average Bonchev–Trinajstić information content (AvgIpc) is 3.35. The highest BCUT2D eigenvalue weighted by atomic mass is 32.1. The first-order valence-electron chi connectivity index (χ1n) is 7.42. The lowest BCUT2D eigenvalue weighted by molar-refractivity contribution is 0.102. The van der Waals surface area contributed by atoms with Crippen molar-refractivity contribution in [3.8, 4) is 22.2 Å². The molecule has 8 heteroatoms. The van der Waals surface area contributed by atoms with Gasteiger partial charge >= 0.3 is 0 Å². The molecular weight excluding hydrogens is 356 g/mol. The second kappa shape index (κ2) is 6.58. The van der Waals surface area contributed by atoms with Crippen molar-refractivity contribution in [2.75, 3.05) is 5.32 Å². The summed E-state index contributed by atoms with van der Waals surface area (Å²) in [5.41, 5.74) is 1.28. The largest absolute Gasteiger partial charge is 0.462 e. The minimum Gasteiger partial charge on any atom is -0.462 e. The molecule has 25 heavy (non-hydrogen) atoms. The molecule has 6 nitrogen and oxygen atoms in total. The van der Waals surface area contributed by atoms with Crippen molar-refractivity contribution in [3.05, 3.63) is 59.3 Å². The lowest BCUT2D eigenvalue weighted by Gasteiger charge is -1.98. The molecule has 0 unspecified atom stereocenters. The van der Waals surface area contributed by atoms with Crippen LogP contribution >= 0.6 is 22.9 Å². The molecule has 1 amide bonds. The highest BCUT2D eigenvalue weighted by molar-refractivity contribution is 7.15. The lowest BCUT2D eigenvalue weighted by atomic mass is 10.2. The van der Waals surface area contributed by atoms with Crippen LogP contribution in [0.15, 0.2) is 53.1 Å². The first-order valence-corrected chi connectivity index (χ1v) is 9.01. The van der Waals surface area contributed by atoms with E-state index in [9.17, 15) is 4.79 Å². The first kappa shape index (κ1) is 15.7. The van der Waals surface area contributed by atoms with Crippen molar-refractivity contribution >= 4 is 33.9 Å². The number of furan rings is 1. The predicted octanol–water partition coefficient (Wildman–Crippen LogP) is 4.48. The van der Waals surface area contributed by atoms with E-state index in [-0.39, 0.29) is 5.91 Å². The fraction of sp³-hybridized carbons (Fsp3) is 0.0588. The Labute approximate surface area is 151 Å². The molecule has 3 heterocycles. The molecule has 3 aromatic heterocycles. The average molecular weight is 368 g/mol. The number of nitrogens with one attached hydrogen (secondary N) is 1. The Morgan fingerprint density at radius 2 is 1.96 bits per heavy atom. The second-order valence-electron chi connectivity index (χ2n) is 5.14. The van der Waals surface area contributed by atoms with Crippen LogP contribution in [0.25, 0.3) is 22.2 Å². The topological polar surface area (TPSA) is 80.9 Å². The van der Waals surface area contributed by atoms with Crippen molar-refractivity contribution in [2.24, 2.45) is 0 Å². The highest BCUT2D eigenvalue weighted by Crippen LogP contribution is 2.28. The Hall–Kier alpha value is -2.84. The predicted molar refractivity (Wildman–Crippen MR) is 97.9 cm³/mol. The first-order chi connectivity index (χ1) is 12.2. The molecule has 4 rings (SSSR count). The zero-order chi connectivity index (χ0) is 17.2. The summed E-state index contributed by atoms with van der Waals surface area (Å²) < 4.78 is 9.62. The zero-order valence-electron chi connectivity index (χ0n) is 13.1. The van der Waals surface area contributed by atoms with Crippen molar-refractivity contribution in [3.63, 3.8) is 0 Å². The van der Waals surface area contributed by atoms with Gasteiger partial charge in [-0.3, -0.25) is 10.1 Å². The molecule has 0 saturated heterocycles. The Morgan fingerprint density at radius 1 is 1.12 bits per heavy atom. The van der Waals surface area contributed by atoms with E-state index in [0.29, 0.717) is 27.4 Å². The van der Waals surface area contributed by atoms with Crippen LogP contribution in [0.2, 0.25) is 0 Å². The van der Waals surface area contributed by atoms with E-state index < -0.39 is 0 Å². The molecule has 0 aliphatic rings. The van der Waals surface area contributed by atoms with Crippen LogP contribution in [0, 0.1) is 6.92 Å². The van der Waals surface area contributed by atoms with E-state index >= 15 is 0 Å². The Morgan fingerprint density at radius 3 is 2.72 bits per heavy atom. The molecule has 0 radical (unpaired) electrons. The number of rotatable bonds is 4. The minimum absolute atomic E-state index is 0.303. The highest BCUT2D eigenvalue weighted by Gasteiger charge is 2.19. The van der Waals surface area contributed by atoms with Gasteiger partial charge in [0.25, 0.3) is 5.91 Å². The fourth-order valence-electron chi connectivity index (χ4n) is 2.25. The van der Waals surface area contributed by atoms with E-state index in [1.165, 1.54) is 11.3 Å². The molecule has 1 aromatic carbocycles. The van der Waals surface area contributed by atoms with Gasteiger partial charge in [0, 0.05) is 22.0 Å². The number of benzene rings is 1. The number of amides is 1. The van der Waals surface area contributed by atoms with E-state index in [2.05, 4.69) is 19.7 Å². The summed E-state index contributed by atoms with van der Waals surface area (Å²) in [6.07, 6.45) is 1.58. The van der Waals surface area contributed by atoms with Crippen LogP contribution in [0.5, 0.6) is 0 Å². The number of nitrogens with zero attached hydrogens (tertiary/aromatic N) is 3. The monoisotopic (exact) mass is 368 g/mol. The molecule has 0 fully saturated rings. The summed E-state index contributed by atoms with van der Waals surface area (Å²) in [5.74, 6) is 0.934. The number of carbonyl (C=O) groups is 1. The normalized spacial score (nSPS) is 10.8. The molecule has 0 aliphatic carbocycles. The summed E-state index contributed by atoms with van der Waals surface area (Å²) in [7, 11) is 0. The van der Waals surface area contributed by atoms with Gasteiger partial charge in [0.05, 0.1) is 6.26 Å². The van der Waals surface area contributed by atoms with Crippen LogP contribution in [0.1, 0.15) is 15.4 Å². The number of thiazole rings is 1. The third-order valence-electron chi connectivity index (χ3n) is 3.42. The van der Waals surface area contributed by atoms with Crippen LogP contribution < -0.4 is 5.32 Å². The summed E-state index contributed by atoms with van der Waals surface area (Å²) in [4.78, 5) is 22.1. The third kappa shape index (κ3) is 3.21. The Balaban J connectivity index is 1.54. The summed E-state index contributed by atoms with van der Waals surface area (Å²) in [5, 5.41) is 3.88. The maximum absolute atomic E-state index is 12.5. The second-order valence-corrected chi connectivity index (χ2v) is 7.10. The van der Waals surface area contributed by atoms with Gasteiger partial charge in [-0.1, -0.05) is 30.3 Å². The zero-order valence-corrected chi connectivity index (χ0v) is 14.7. The fourth-order valence-corrected chi connectivity index (χ4v) is 3.71. The molecular formula is C17H12N4O2S2. The molecule has 1 N–H and O–H groups in total. The van der Waals surface area contributed by atoms with E-state index in [4.69, 9.17) is 4.42 Å².